The molecule has 1 amide bonds. The van der Waals surface area contributed by atoms with Crippen molar-refractivity contribution in [3.05, 3.63) is 64.7 Å². The molecule has 1 unspecified atom stereocenters. The Morgan fingerprint density at radius 3 is 2.48 bits per heavy atom. The van der Waals surface area contributed by atoms with E-state index < -0.39 is 0 Å². The van der Waals surface area contributed by atoms with Gasteiger partial charge in [-0.15, -0.1) is 0 Å². The van der Waals surface area contributed by atoms with Gasteiger partial charge in [0.15, 0.2) is 0 Å². The van der Waals surface area contributed by atoms with Gasteiger partial charge in [-0.05, 0) is 56.0 Å². The minimum Gasteiger partial charge on any atom is -0.497 e. The number of benzene rings is 2. The highest BCUT2D eigenvalue weighted by atomic mass is 16.5. The minimum absolute atomic E-state index is 0.0262. The predicted molar refractivity (Wildman–Crippen MR) is 93.8 cm³/mol. The van der Waals surface area contributed by atoms with Gasteiger partial charge in [0.25, 0.3) is 0 Å². The van der Waals surface area contributed by atoms with Crippen molar-refractivity contribution in [3.8, 4) is 5.75 Å². The molecule has 122 valence electrons. The number of carbonyl (C=O) groups excluding carboxylic acids is 1. The highest BCUT2D eigenvalue weighted by Crippen LogP contribution is 2.19. The molecule has 3 heteroatoms. The van der Waals surface area contributed by atoms with Gasteiger partial charge >= 0.3 is 0 Å². The van der Waals surface area contributed by atoms with E-state index in [0.717, 1.165) is 17.7 Å². The van der Waals surface area contributed by atoms with Crippen molar-refractivity contribution >= 4 is 5.91 Å². The van der Waals surface area contributed by atoms with Gasteiger partial charge in [0.1, 0.15) is 5.75 Å². The molecule has 0 aliphatic rings. The second-order valence-electron chi connectivity index (χ2n) is 6.00. The van der Waals surface area contributed by atoms with E-state index in [-0.39, 0.29) is 11.9 Å². The van der Waals surface area contributed by atoms with Crippen LogP contribution in [0, 0.1) is 13.8 Å². The number of nitrogens with one attached hydrogen (secondary N) is 1. The zero-order valence-corrected chi connectivity index (χ0v) is 14.3. The summed E-state index contributed by atoms with van der Waals surface area (Å²) in [5, 5.41) is 3.09. The molecule has 0 heterocycles. The first-order valence-electron chi connectivity index (χ1n) is 7.99. The third-order valence-corrected chi connectivity index (χ3v) is 4.08. The quantitative estimate of drug-likeness (QED) is 0.871. The first-order chi connectivity index (χ1) is 11.0. The van der Waals surface area contributed by atoms with E-state index in [2.05, 4.69) is 37.4 Å². The van der Waals surface area contributed by atoms with Gasteiger partial charge in [0, 0.05) is 6.42 Å². The van der Waals surface area contributed by atoms with Gasteiger partial charge in [0.05, 0.1) is 13.2 Å². The van der Waals surface area contributed by atoms with Crippen molar-refractivity contribution < 1.29 is 9.53 Å². The van der Waals surface area contributed by atoms with E-state index in [1.165, 1.54) is 16.7 Å². The van der Waals surface area contributed by atoms with E-state index in [1.54, 1.807) is 7.11 Å². The van der Waals surface area contributed by atoms with Gasteiger partial charge < -0.3 is 10.1 Å². The number of hydrogen-bond donors (Lipinski definition) is 1. The van der Waals surface area contributed by atoms with Gasteiger partial charge in [-0.1, -0.05) is 35.9 Å². The Balaban J connectivity index is 1.89. The molecule has 0 aliphatic heterocycles. The number of rotatable bonds is 6. The van der Waals surface area contributed by atoms with Crippen molar-refractivity contribution in [1.82, 2.24) is 5.32 Å². The lowest BCUT2D eigenvalue weighted by Gasteiger charge is -2.17. The number of carbonyl (C=O) groups is 1. The van der Waals surface area contributed by atoms with Crippen LogP contribution in [0.25, 0.3) is 0 Å². The minimum atomic E-state index is 0.0262. The third kappa shape index (κ3) is 4.85. The van der Waals surface area contributed by atoms with Crippen LogP contribution in [-0.2, 0) is 11.2 Å². The Bertz CT molecular complexity index is 662. The summed E-state index contributed by atoms with van der Waals surface area (Å²) in [6.45, 7) is 6.18. The van der Waals surface area contributed by atoms with Crippen LogP contribution in [0.5, 0.6) is 5.75 Å². The van der Waals surface area contributed by atoms with Crippen LogP contribution >= 0.6 is 0 Å². The number of aryl methyl sites for hydroxylation is 3. The first kappa shape index (κ1) is 17.1. The van der Waals surface area contributed by atoms with Gasteiger partial charge in [-0.2, -0.15) is 0 Å². The van der Waals surface area contributed by atoms with Crippen LogP contribution < -0.4 is 10.1 Å². The molecule has 1 atom stereocenters. The van der Waals surface area contributed by atoms with Crippen LogP contribution in [0.3, 0.4) is 0 Å². The average molecular weight is 311 g/mol. The number of hydrogen-bond acceptors (Lipinski definition) is 2. The van der Waals surface area contributed by atoms with Crippen molar-refractivity contribution in [2.75, 3.05) is 7.11 Å². The van der Waals surface area contributed by atoms with Gasteiger partial charge in [0.2, 0.25) is 5.91 Å². The fourth-order valence-electron chi connectivity index (χ4n) is 2.67. The third-order valence-electron chi connectivity index (χ3n) is 4.08. The Morgan fingerprint density at radius 1 is 1.13 bits per heavy atom. The molecule has 0 radical (unpaired) electrons. The van der Waals surface area contributed by atoms with E-state index in [9.17, 15) is 4.79 Å². The van der Waals surface area contributed by atoms with E-state index in [1.807, 2.05) is 31.2 Å². The molecular weight excluding hydrogens is 286 g/mol. The molecule has 2 rings (SSSR count). The number of methoxy groups -OCH3 is 1. The molecule has 0 aromatic heterocycles. The summed E-state index contributed by atoms with van der Waals surface area (Å²) < 4.78 is 5.14. The zero-order valence-electron chi connectivity index (χ0n) is 14.3. The molecule has 0 fully saturated rings. The molecule has 1 N–H and O–H groups in total. The second-order valence-corrected chi connectivity index (χ2v) is 6.00. The van der Waals surface area contributed by atoms with Crippen LogP contribution in [0.15, 0.2) is 42.5 Å². The van der Waals surface area contributed by atoms with E-state index >= 15 is 0 Å². The zero-order chi connectivity index (χ0) is 16.8. The lowest BCUT2D eigenvalue weighted by molar-refractivity contribution is -0.121. The highest BCUT2D eigenvalue weighted by Gasteiger charge is 2.12. The second kappa shape index (κ2) is 7.82. The normalized spacial score (nSPS) is 11.8. The van der Waals surface area contributed by atoms with Crippen LogP contribution in [0.2, 0.25) is 0 Å². The summed E-state index contributed by atoms with van der Waals surface area (Å²) in [6, 6.07) is 14.2. The van der Waals surface area contributed by atoms with Crippen LogP contribution in [0.4, 0.5) is 0 Å². The molecule has 0 spiro atoms. The molecule has 2 aromatic rings. The standard InChI is InChI=1S/C20H25NO2/c1-14-5-6-15(2)19(13-14)16(3)21-20(22)12-9-17-7-10-18(23-4)11-8-17/h5-8,10-11,13,16H,9,12H2,1-4H3,(H,21,22). The Morgan fingerprint density at radius 2 is 1.83 bits per heavy atom. The monoisotopic (exact) mass is 311 g/mol. The molecule has 23 heavy (non-hydrogen) atoms. The van der Waals surface area contributed by atoms with Crippen molar-refractivity contribution in [2.24, 2.45) is 0 Å². The summed E-state index contributed by atoms with van der Waals surface area (Å²) in [4.78, 5) is 12.2. The van der Waals surface area contributed by atoms with Gasteiger partial charge in [-0.3, -0.25) is 4.79 Å². The first-order valence-corrected chi connectivity index (χ1v) is 7.99. The molecule has 0 saturated carbocycles. The summed E-state index contributed by atoms with van der Waals surface area (Å²) >= 11 is 0. The Kier molecular flexibility index (Phi) is 5.80. The van der Waals surface area contributed by atoms with Crippen LogP contribution in [0.1, 0.15) is 41.6 Å². The number of amides is 1. The maximum atomic E-state index is 12.2. The van der Waals surface area contributed by atoms with E-state index in [4.69, 9.17) is 4.74 Å². The van der Waals surface area contributed by atoms with Crippen molar-refractivity contribution in [2.45, 2.75) is 39.7 Å². The molecule has 0 saturated heterocycles. The topological polar surface area (TPSA) is 38.3 Å². The molecule has 2 aromatic carbocycles. The van der Waals surface area contributed by atoms with Gasteiger partial charge in [-0.25, -0.2) is 0 Å². The molecule has 0 bridgehead atoms. The lowest BCUT2D eigenvalue weighted by Crippen LogP contribution is -2.27. The summed E-state index contributed by atoms with van der Waals surface area (Å²) in [6.07, 6.45) is 1.22. The summed E-state index contributed by atoms with van der Waals surface area (Å²) in [5.74, 6) is 0.913. The summed E-state index contributed by atoms with van der Waals surface area (Å²) in [5.41, 5.74) is 4.74. The Hall–Kier alpha value is -2.29. The van der Waals surface area contributed by atoms with Crippen molar-refractivity contribution in [3.63, 3.8) is 0 Å². The molecular formula is C20H25NO2. The molecule has 0 aliphatic carbocycles. The maximum absolute atomic E-state index is 12.2. The fraction of sp³-hybridized carbons (Fsp3) is 0.350. The van der Waals surface area contributed by atoms with Crippen molar-refractivity contribution in [1.29, 1.82) is 0 Å². The summed E-state index contributed by atoms with van der Waals surface area (Å²) in [7, 11) is 1.65. The number of ether oxygens (including phenoxy) is 1. The van der Waals surface area contributed by atoms with E-state index in [0.29, 0.717) is 6.42 Å². The highest BCUT2D eigenvalue weighted by molar-refractivity contribution is 5.76. The van der Waals surface area contributed by atoms with Crippen LogP contribution in [-0.4, -0.2) is 13.0 Å². The largest absolute Gasteiger partial charge is 0.497 e. The maximum Gasteiger partial charge on any atom is 0.220 e. The Labute approximate surface area is 138 Å². The fourth-order valence-corrected chi connectivity index (χ4v) is 2.67. The average Bonchev–Trinajstić information content (AvgIpc) is 2.55. The molecule has 3 nitrogen and oxygen atoms in total. The predicted octanol–water partition coefficient (Wildman–Crippen LogP) is 4.12. The lowest BCUT2D eigenvalue weighted by atomic mass is 10.00. The SMILES string of the molecule is COc1ccc(CCC(=O)NC(C)c2cc(C)ccc2C)cc1. The smallest absolute Gasteiger partial charge is 0.220 e.